The minimum Gasteiger partial charge on any atom is -0.318 e. The summed E-state index contributed by atoms with van der Waals surface area (Å²) in [7, 11) is 1.64. The van der Waals surface area contributed by atoms with Gasteiger partial charge in [-0.3, -0.25) is 9.59 Å². The standard InChI is InChI=1S/C15H11Cl2NO2/c1-18(9-19)12-5-2-10(3-6-12)15(20)11-4-7-13(16)14(17)8-11/h2-9H,1H3. The number of amides is 1. The average Bonchev–Trinajstić information content (AvgIpc) is 2.48. The van der Waals surface area contributed by atoms with Gasteiger partial charge in [0.25, 0.3) is 0 Å². The van der Waals surface area contributed by atoms with E-state index < -0.39 is 0 Å². The first-order valence-electron chi connectivity index (χ1n) is 5.81. The lowest BCUT2D eigenvalue weighted by Crippen LogP contribution is -2.13. The van der Waals surface area contributed by atoms with Gasteiger partial charge in [0.2, 0.25) is 6.41 Å². The summed E-state index contributed by atoms with van der Waals surface area (Å²) in [5, 5.41) is 0.751. The number of benzene rings is 2. The first-order chi connectivity index (χ1) is 9.52. The van der Waals surface area contributed by atoms with Crippen molar-refractivity contribution in [1.82, 2.24) is 0 Å². The van der Waals surface area contributed by atoms with Crippen molar-refractivity contribution < 1.29 is 9.59 Å². The number of carbonyl (C=O) groups is 2. The van der Waals surface area contributed by atoms with E-state index in [0.717, 1.165) is 0 Å². The van der Waals surface area contributed by atoms with Crippen LogP contribution in [0.2, 0.25) is 10.0 Å². The third-order valence-electron chi connectivity index (χ3n) is 2.88. The van der Waals surface area contributed by atoms with Crippen molar-refractivity contribution in [3.63, 3.8) is 0 Å². The van der Waals surface area contributed by atoms with E-state index in [9.17, 15) is 9.59 Å². The molecule has 0 fully saturated rings. The van der Waals surface area contributed by atoms with Crippen LogP contribution in [0.15, 0.2) is 42.5 Å². The summed E-state index contributed by atoms with van der Waals surface area (Å²) in [6.07, 6.45) is 0.704. The third kappa shape index (κ3) is 3.00. The molecule has 2 aromatic rings. The van der Waals surface area contributed by atoms with Gasteiger partial charge in [-0.15, -0.1) is 0 Å². The molecule has 0 radical (unpaired) electrons. The second kappa shape index (κ2) is 6.07. The Kier molecular flexibility index (Phi) is 4.42. The van der Waals surface area contributed by atoms with E-state index in [0.29, 0.717) is 33.3 Å². The zero-order valence-corrected chi connectivity index (χ0v) is 12.2. The highest BCUT2D eigenvalue weighted by Crippen LogP contribution is 2.24. The molecular weight excluding hydrogens is 297 g/mol. The van der Waals surface area contributed by atoms with Gasteiger partial charge in [-0.1, -0.05) is 23.2 Å². The van der Waals surface area contributed by atoms with Gasteiger partial charge < -0.3 is 4.90 Å². The maximum atomic E-state index is 12.3. The van der Waals surface area contributed by atoms with E-state index in [1.807, 2.05) is 0 Å². The van der Waals surface area contributed by atoms with E-state index in [2.05, 4.69) is 0 Å². The van der Waals surface area contributed by atoms with E-state index in [1.165, 1.54) is 11.0 Å². The molecule has 0 N–H and O–H groups in total. The molecule has 1 amide bonds. The SMILES string of the molecule is CN(C=O)c1ccc(C(=O)c2ccc(Cl)c(Cl)c2)cc1. The van der Waals surface area contributed by atoms with Gasteiger partial charge in [-0.05, 0) is 42.5 Å². The number of hydrogen-bond donors (Lipinski definition) is 0. The molecule has 0 aliphatic rings. The molecule has 0 bridgehead atoms. The fraction of sp³-hybridized carbons (Fsp3) is 0.0667. The molecule has 5 heteroatoms. The maximum Gasteiger partial charge on any atom is 0.213 e. The number of anilines is 1. The van der Waals surface area contributed by atoms with E-state index >= 15 is 0 Å². The summed E-state index contributed by atoms with van der Waals surface area (Å²) in [5.41, 5.74) is 1.70. The van der Waals surface area contributed by atoms with Gasteiger partial charge in [-0.2, -0.15) is 0 Å². The summed E-state index contributed by atoms with van der Waals surface area (Å²) in [5.74, 6) is -0.149. The largest absolute Gasteiger partial charge is 0.318 e. The van der Waals surface area contributed by atoms with Crippen LogP contribution in [-0.2, 0) is 4.79 Å². The number of hydrogen-bond acceptors (Lipinski definition) is 2. The molecule has 2 rings (SSSR count). The second-order valence-electron chi connectivity index (χ2n) is 4.22. The lowest BCUT2D eigenvalue weighted by molar-refractivity contribution is -0.107. The van der Waals surface area contributed by atoms with Crippen LogP contribution in [0.1, 0.15) is 15.9 Å². The maximum absolute atomic E-state index is 12.3. The van der Waals surface area contributed by atoms with Crippen molar-refractivity contribution >= 4 is 41.1 Å². The molecule has 0 saturated heterocycles. The highest BCUT2D eigenvalue weighted by molar-refractivity contribution is 6.42. The molecule has 0 unspecified atom stereocenters. The van der Waals surface area contributed by atoms with Crippen LogP contribution in [0.3, 0.4) is 0 Å². The van der Waals surface area contributed by atoms with Crippen molar-refractivity contribution in [2.45, 2.75) is 0 Å². The lowest BCUT2D eigenvalue weighted by Gasteiger charge is -2.11. The quantitative estimate of drug-likeness (QED) is 0.636. The van der Waals surface area contributed by atoms with Gasteiger partial charge in [0.15, 0.2) is 5.78 Å². The number of carbonyl (C=O) groups excluding carboxylic acids is 2. The molecule has 0 atom stereocenters. The number of rotatable bonds is 4. The molecule has 0 aliphatic heterocycles. The molecular formula is C15H11Cl2NO2. The molecule has 20 heavy (non-hydrogen) atoms. The molecule has 0 saturated carbocycles. The molecule has 2 aromatic carbocycles. The van der Waals surface area contributed by atoms with Gasteiger partial charge in [0.05, 0.1) is 10.0 Å². The van der Waals surface area contributed by atoms with Crippen LogP contribution in [0.4, 0.5) is 5.69 Å². The van der Waals surface area contributed by atoms with Crippen molar-refractivity contribution in [3.05, 3.63) is 63.6 Å². The van der Waals surface area contributed by atoms with Crippen LogP contribution >= 0.6 is 23.2 Å². The smallest absolute Gasteiger partial charge is 0.213 e. The van der Waals surface area contributed by atoms with Crippen LogP contribution in [0.5, 0.6) is 0 Å². The molecule has 102 valence electrons. The highest BCUT2D eigenvalue weighted by atomic mass is 35.5. The Hall–Kier alpha value is -1.84. The van der Waals surface area contributed by atoms with Crippen LogP contribution in [-0.4, -0.2) is 19.2 Å². The fourth-order valence-electron chi connectivity index (χ4n) is 1.71. The Morgan fingerprint density at radius 1 is 1.00 bits per heavy atom. The number of nitrogens with zero attached hydrogens (tertiary/aromatic N) is 1. The topological polar surface area (TPSA) is 37.4 Å². The Balaban J connectivity index is 2.29. The second-order valence-corrected chi connectivity index (χ2v) is 5.04. The number of halogens is 2. The molecule has 0 heterocycles. The zero-order chi connectivity index (χ0) is 14.7. The summed E-state index contributed by atoms with van der Waals surface area (Å²) < 4.78 is 0. The van der Waals surface area contributed by atoms with E-state index in [4.69, 9.17) is 23.2 Å². The van der Waals surface area contributed by atoms with E-state index in [1.54, 1.807) is 43.4 Å². The van der Waals surface area contributed by atoms with Gasteiger partial charge in [-0.25, -0.2) is 0 Å². The number of ketones is 1. The predicted octanol–water partition coefficient (Wildman–Crippen LogP) is 3.82. The van der Waals surface area contributed by atoms with Gasteiger partial charge >= 0.3 is 0 Å². The Labute approximate surface area is 126 Å². The first-order valence-corrected chi connectivity index (χ1v) is 6.56. The highest BCUT2D eigenvalue weighted by Gasteiger charge is 2.11. The Bertz CT molecular complexity index is 653. The van der Waals surface area contributed by atoms with Gasteiger partial charge in [0.1, 0.15) is 0 Å². The van der Waals surface area contributed by atoms with Crippen LogP contribution in [0.25, 0.3) is 0 Å². The first kappa shape index (κ1) is 14.6. The van der Waals surface area contributed by atoms with Gasteiger partial charge in [0, 0.05) is 23.9 Å². The normalized spacial score (nSPS) is 10.2. The monoisotopic (exact) mass is 307 g/mol. The summed E-state index contributed by atoms with van der Waals surface area (Å²) in [6.45, 7) is 0. The summed E-state index contributed by atoms with van der Waals surface area (Å²) in [4.78, 5) is 24.3. The Morgan fingerprint density at radius 3 is 2.15 bits per heavy atom. The summed E-state index contributed by atoms with van der Waals surface area (Å²) >= 11 is 11.7. The average molecular weight is 308 g/mol. The summed E-state index contributed by atoms with van der Waals surface area (Å²) in [6, 6.07) is 11.5. The Morgan fingerprint density at radius 2 is 1.60 bits per heavy atom. The lowest BCUT2D eigenvalue weighted by atomic mass is 10.0. The molecule has 0 aliphatic carbocycles. The minimum absolute atomic E-state index is 0.149. The van der Waals surface area contributed by atoms with Crippen LogP contribution in [0, 0.1) is 0 Å². The third-order valence-corrected chi connectivity index (χ3v) is 3.62. The van der Waals surface area contributed by atoms with Crippen molar-refractivity contribution in [2.24, 2.45) is 0 Å². The molecule has 0 aromatic heterocycles. The predicted molar refractivity (Wildman–Crippen MR) is 80.8 cm³/mol. The molecule has 0 spiro atoms. The molecule has 3 nitrogen and oxygen atoms in total. The minimum atomic E-state index is -0.149. The van der Waals surface area contributed by atoms with Crippen molar-refractivity contribution in [3.8, 4) is 0 Å². The van der Waals surface area contributed by atoms with Crippen molar-refractivity contribution in [2.75, 3.05) is 11.9 Å². The zero-order valence-electron chi connectivity index (χ0n) is 10.6. The fourth-order valence-corrected chi connectivity index (χ4v) is 2.01. The van der Waals surface area contributed by atoms with Crippen molar-refractivity contribution in [1.29, 1.82) is 0 Å². The van der Waals surface area contributed by atoms with E-state index in [-0.39, 0.29) is 5.78 Å². The van der Waals surface area contributed by atoms with Crippen LogP contribution < -0.4 is 4.90 Å².